The van der Waals surface area contributed by atoms with Gasteiger partial charge in [-0.3, -0.25) is 4.79 Å². The average Bonchev–Trinajstić information content (AvgIpc) is 1.96. The maximum absolute atomic E-state index is 10.9. The maximum atomic E-state index is 10.9. The Labute approximate surface area is 95.7 Å². The van der Waals surface area contributed by atoms with Crippen molar-refractivity contribution >= 4 is 17.7 Å². The molecule has 0 bridgehead atoms. The Balaban J connectivity index is 0.00000196. The van der Waals surface area contributed by atoms with Crippen molar-refractivity contribution in [2.45, 2.75) is 56.2 Å². The topological polar surface area (TPSA) is 86.6 Å². The van der Waals surface area contributed by atoms with Gasteiger partial charge in [0.25, 0.3) is 0 Å². The fraction of sp³-hybridized carbons (Fsp3) is 0.900. The lowest BCUT2D eigenvalue weighted by Gasteiger charge is -2.57. The summed E-state index contributed by atoms with van der Waals surface area (Å²) in [4.78, 5) is 10.9. The summed E-state index contributed by atoms with van der Waals surface area (Å²) in [6.07, 6.45) is 0. The van der Waals surface area contributed by atoms with Crippen LogP contribution in [0.3, 0.4) is 0 Å². The van der Waals surface area contributed by atoms with Gasteiger partial charge in [0.2, 0.25) is 5.91 Å². The molecule has 0 radical (unpaired) electrons. The number of carbonyl (C=O) groups is 1. The number of nitrogens with one attached hydrogen (secondary N) is 1. The van der Waals surface area contributed by atoms with Gasteiger partial charge in [0, 0.05) is 15.5 Å². The largest absolute Gasteiger partial charge is 0.412 e. The van der Waals surface area contributed by atoms with E-state index in [4.69, 9.17) is 5.73 Å². The summed E-state index contributed by atoms with van der Waals surface area (Å²) in [6, 6.07) is 0.0851. The lowest BCUT2D eigenvalue weighted by atomic mass is 9.88. The van der Waals surface area contributed by atoms with Crippen LogP contribution in [0.2, 0.25) is 0 Å². The molecular formula is C10H22N2O2S. The Hall–Kier alpha value is -0.260. The minimum atomic E-state index is -0.284. The Morgan fingerprint density at radius 2 is 1.73 bits per heavy atom. The molecule has 5 N–H and O–H groups in total. The second kappa shape index (κ2) is 4.31. The van der Waals surface area contributed by atoms with Gasteiger partial charge in [0.05, 0.1) is 6.04 Å². The molecule has 90 valence electrons. The lowest BCUT2D eigenvalue weighted by molar-refractivity contribution is -0.119. The molecule has 1 aliphatic rings. The van der Waals surface area contributed by atoms with Gasteiger partial charge in [-0.2, -0.15) is 0 Å². The number of primary amides is 1. The van der Waals surface area contributed by atoms with Crippen LogP contribution in [-0.2, 0) is 4.79 Å². The first kappa shape index (κ1) is 14.7. The molecule has 0 saturated carbocycles. The van der Waals surface area contributed by atoms with Gasteiger partial charge in [-0.1, -0.05) is 0 Å². The van der Waals surface area contributed by atoms with E-state index >= 15 is 0 Å². The molecule has 1 rings (SSSR count). The molecule has 1 aliphatic heterocycles. The third kappa shape index (κ3) is 2.86. The second-order valence-electron chi connectivity index (χ2n) is 5.03. The van der Waals surface area contributed by atoms with Crippen LogP contribution in [0, 0.1) is 0 Å². The van der Waals surface area contributed by atoms with Crippen LogP contribution in [0.4, 0.5) is 0 Å². The minimum Gasteiger partial charge on any atom is -0.412 e. The van der Waals surface area contributed by atoms with E-state index in [9.17, 15) is 4.79 Å². The van der Waals surface area contributed by atoms with Crippen molar-refractivity contribution in [2.75, 3.05) is 0 Å². The Morgan fingerprint density at radius 1 is 1.33 bits per heavy atom. The summed E-state index contributed by atoms with van der Waals surface area (Å²) in [5.74, 6) is -0.284. The zero-order valence-corrected chi connectivity index (χ0v) is 10.9. The number of thioether (sulfide) groups is 1. The molecule has 0 aromatic rings. The number of rotatable bonds is 3. The Bertz CT molecular complexity index is 240. The third-order valence-corrected chi connectivity index (χ3v) is 4.28. The average molecular weight is 234 g/mol. The smallest absolute Gasteiger partial charge is 0.234 e. The van der Waals surface area contributed by atoms with Crippen LogP contribution < -0.4 is 11.1 Å². The van der Waals surface area contributed by atoms with Crippen molar-refractivity contribution in [1.82, 2.24) is 5.32 Å². The predicted octanol–water partition coefficient (Wildman–Crippen LogP) is 0.298. The van der Waals surface area contributed by atoms with Crippen molar-refractivity contribution in [1.29, 1.82) is 0 Å². The minimum absolute atomic E-state index is 0. The summed E-state index contributed by atoms with van der Waals surface area (Å²) >= 11 is 1.94. The number of nitrogens with two attached hydrogens (primary N) is 1. The van der Waals surface area contributed by atoms with Crippen molar-refractivity contribution in [2.24, 2.45) is 5.73 Å². The van der Waals surface area contributed by atoms with Crippen molar-refractivity contribution in [3.8, 4) is 0 Å². The highest BCUT2D eigenvalue weighted by Gasteiger charge is 2.54. The molecule has 1 fully saturated rings. The van der Waals surface area contributed by atoms with Crippen molar-refractivity contribution < 1.29 is 10.3 Å². The molecule has 5 heteroatoms. The van der Waals surface area contributed by atoms with E-state index in [0.717, 1.165) is 0 Å². The lowest BCUT2D eigenvalue weighted by Crippen LogP contribution is -2.68. The van der Waals surface area contributed by atoms with Crippen LogP contribution in [-0.4, -0.2) is 33.0 Å². The van der Waals surface area contributed by atoms with E-state index in [0.29, 0.717) is 6.04 Å². The molecule has 0 unspecified atom stereocenters. The normalized spacial score (nSPS) is 24.9. The zero-order valence-electron chi connectivity index (χ0n) is 10.0. The predicted molar refractivity (Wildman–Crippen MR) is 64.9 cm³/mol. The molecular weight excluding hydrogens is 212 g/mol. The monoisotopic (exact) mass is 234 g/mol. The van der Waals surface area contributed by atoms with Gasteiger partial charge < -0.3 is 16.5 Å². The molecule has 1 amide bonds. The van der Waals surface area contributed by atoms with Crippen LogP contribution in [0.25, 0.3) is 0 Å². The van der Waals surface area contributed by atoms with Gasteiger partial charge in [-0.15, -0.1) is 11.8 Å². The highest BCUT2D eigenvalue weighted by atomic mass is 32.2. The SMILES string of the molecule is C[C@@H](NC1C(C)(C)SC1(C)C)C(N)=O.O. The summed E-state index contributed by atoms with van der Waals surface area (Å²) in [5, 5.41) is 3.30. The molecule has 0 aromatic heterocycles. The first-order valence-electron chi connectivity index (χ1n) is 4.92. The summed E-state index contributed by atoms with van der Waals surface area (Å²) in [7, 11) is 0. The van der Waals surface area contributed by atoms with Gasteiger partial charge in [0.15, 0.2) is 0 Å². The molecule has 0 spiro atoms. The Morgan fingerprint density at radius 3 is 2.00 bits per heavy atom. The van der Waals surface area contributed by atoms with Crippen LogP contribution in [0.15, 0.2) is 0 Å². The van der Waals surface area contributed by atoms with Crippen LogP contribution >= 0.6 is 11.8 Å². The molecule has 4 nitrogen and oxygen atoms in total. The first-order valence-corrected chi connectivity index (χ1v) is 5.74. The van der Waals surface area contributed by atoms with E-state index < -0.39 is 0 Å². The van der Waals surface area contributed by atoms with E-state index in [-0.39, 0.29) is 26.9 Å². The summed E-state index contributed by atoms with van der Waals surface area (Å²) < 4.78 is 0.375. The number of amides is 1. The van der Waals surface area contributed by atoms with Crippen LogP contribution in [0.1, 0.15) is 34.6 Å². The maximum Gasteiger partial charge on any atom is 0.234 e. The molecule has 15 heavy (non-hydrogen) atoms. The highest BCUT2D eigenvalue weighted by Crippen LogP contribution is 2.54. The fourth-order valence-electron chi connectivity index (χ4n) is 2.31. The van der Waals surface area contributed by atoms with Crippen molar-refractivity contribution in [3.63, 3.8) is 0 Å². The van der Waals surface area contributed by atoms with Gasteiger partial charge >= 0.3 is 0 Å². The number of hydrogen-bond donors (Lipinski definition) is 2. The zero-order chi connectivity index (χ0) is 11.1. The fourth-order valence-corrected chi connectivity index (χ4v) is 4.44. The third-order valence-electron chi connectivity index (χ3n) is 2.76. The number of carbonyl (C=O) groups excluding carboxylic acids is 1. The molecule has 0 aromatic carbocycles. The molecule has 1 heterocycles. The van der Waals surface area contributed by atoms with E-state index in [2.05, 4.69) is 33.0 Å². The highest BCUT2D eigenvalue weighted by molar-refractivity contribution is 8.03. The summed E-state index contributed by atoms with van der Waals surface area (Å²) in [6.45, 7) is 10.6. The van der Waals surface area contributed by atoms with Gasteiger partial charge in [-0.05, 0) is 34.6 Å². The summed E-state index contributed by atoms with van der Waals surface area (Å²) in [5.41, 5.74) is 5.23. The first-order chi connectivity index (χ1) is 6.17. The van der Waals surface area contributed by atoms with Gasteiger partial charge in [0.1, 0.15) is 0 Å². The van der Waals surface area contributed by atoms with E-state index in [1.165, 1.54) is 0 Å². The molecule has 1 saturated heterocycles. The van der Waals surface area contributed by atoms with E-state index in [1.54, 1.807) is 0 Å². The van der Waals surface area contributed by atoms with Crippen molar-refractivity contribution in [3.05, 3.63) is 0 Å². The Kier molecular flexibility index (Phi) is 4.24. The number of hydrogen-bond acceptors (Lipinski definition) is 3. The molecule has 0 aliphatic carbocycles. The van der Waals surface area contributed by atoms with E-state index in [1.807, 2.05) is 18.7 Å². The van der Waals surface area contributed by atoms with Gasteiger partial charge in [-0.25, -0.2) is 0 Å². The quantitative estimate of drug-likeness (QED) is 0.736. The van der Waals surface area contributed by atoms with Crippen LogP contribution in [0.5, 0.6) is 0 Å². The molecule has 1 atom stereocenters. The second-order valence-corrected chi connectivity index (χ2v) is 7.34. The standard InChI is InChI=1S/C10H20N2OS.H2O/c1-6(7(11)13)12-8-9(2,3)14-10(8,4)5;/h6,8,12H,1-5H3,(H2,11,13);1H2/t6-;/m1./s1.